The van der Waals surface area contributed by atoms with Crippen LogP contribution in [0.2, 0.25) is 0 Å². The highest BCUT2D eigenvalue weighted by Crippen LogP contribution is 2.17. The summed E-state index contributed by atoms with van der Waals surface area (Å²) in [4.78, 5) is 31.7. The minimum Gasteiger partial charge on any atom is -0.461 e. The van der Waals surface area contributed by atoms with Gasteiger partial charge in [0.1, 0.15) is 6.61 Å². The van der Waals surface area contributed by atoms with Gasteiger partial charge in [0.05, 0.1) is 5.92 Å². The highest BCUT2D eigenvalue weighted by molar-refractivity contribution is 5.83. The molecule has 1 heterocycles. The lowest BCUT2D eigenvalue weighted by Gasteiger charge is -2.21. The summed E-state index contributed by atoms with van der Waals surface area (Å²) in [5.74, 6) is -0.955. The van der Waals surface area contributed by atoms with E-state index in [1.807, 2.05) is 78.9 Å². The van der Waals surface area contributed by atoms with Gasteiger partial charge in [-0.25, -0.2) is 0 Å². The Hall–Kier alpha value is -3.47. The quantitative estimate of drug-likeness (QED) is 0.468. The van der Waals surface area contributed by atoms with Crippen LogP contribution in [0, 0.1) is 5.92 Å². The van der Waals surface area contributed by atoms with E-state index in [2.05, 4.69) is 4.98 Å². The molecule has 0 N–H and O–H groups in total. The van der Waals surface area contributed by atoms with Gasteiger partial charge in [-0.15, -0.1) is 0 Å². The largest absolute Gasteiger partial charge is 0.461 e. The number of hydrogen-bond acceptors (Lipinski definition) is 4. The van der Waals surface area contributed by atoms with E-state index in [-0.39, 0.29) is 24.9 Å². The Bertz CT molecular complexity index is 946. The molecule has 0 spiro atoms. The molecule has 5 nitrogen and oxygen atoms in total. The first-order chi connectivity index (χ1) is 15.1. The van der Waals surface area contributed by atoms with Crippen molar-refractivity contribution in [3.05, 3.63) is 102 Å². The van der Waals surface area contributed by atoms with Crippen LogP contribution in [0.15, 0.2) is 85.1 Å². The monoisotopic (exact) mass is 416 g/mol. The molecule has 0 fully saturated rings. The zero-order valence-electron chi connectivity index (χ0n) is 17.8. The maximum absolute atomic E-state index is 12.9. The van der Waals surface area contributed by atoms with Gasteiger partial charge < -0.3 is 9.64 Å². The molecule has 31 heavy (non-hydrogen) atoms. The first kappa shape index (κ1) is 22.2. The molecular weight excluding hydrogens is 388 g/mol. The highest BCUT2D eigenvalue weighted by Gasteiger charge is 2.25. The minimum absolute atomic E-state index is 0.0754. The number of pyridine rings is 1. The second-order valence-corrected chi connectivity index (χ2v) is 7.57. The van der Waals surface area contributed by atoms with Gasteiger partial charge >= 0.3 is 5.97 Å². The van der Waals surface area contributed by atoms with Crippen LogP contribution in [0.3, 0.4) is 0 Å². The molecule has 5 heteroatoms. The van der Waals surface area contributed by atoms with Crippen molar-refractivity contribution in [2.45, 2.75) is 25.9 Å². The van der Waals surface area contributed by atoms with Gasteiger partial charge in [0.25, 0.3) is 0 Å². The summed E-state index contributed by atoms with van der Waals surface area (Å²) in [5.41, 5.74) is 2.87. The molecule has 1 amide bonds. The number of hydrogen-bond donors (Lipinski definition) is 0. The van der Waals surface area contributed by atoms with E-state index in [9.17, 15) is 9.59 Å². The van der Waals surface area contributed by atoms with E-state index in [0.717, 1.165) is 16.8 Å². The smallest absolute Gasteiger partial charge is 0.310 e. The number of benzene rings is 2. The molecule has 0 bridgehead atoms. The van der Waals surface area contributed by atoms with E-state index < -0.39 is 5.92 Å². The zero-order valence-corrected chi connectivity index (χ0v) is 17.8. The third kappa shape index (κ3) is 7.37. The second-order valence-electron chi connectivity index (χ2n) is 7.57. The summed E-state index contributed by atoms with van der Waals surface area (Å²) < 4.78 is 5.55. The molecule has 1 aromatic heterocycles. The molecule has 160 valence electrons. The number of carbonyl (C=O) groups is 2. The van der Waals surface area contributed by atoms with E-state index in [4.69, 9.17) is 4.74 Å². The summed E-state index contributed by atoms with van der Waals surface area (Å²) in [6.45, 7) is 0.752. The van der Waals surface area contributed by atoms with Gasteiger partial charge in [0, 0.05) is 38.3 Å². The number of ether oxygens (including phenoxy) is 1. The molecule has 0 saturated heterocycles. The van der Waals surface area contributed by atoms with E-state index in [0.29, 0.717) is 19.4 Å². The molecule has 3 rings (SSSR count). The van der Waals surface area contributed by atoms with Gasteiger partial charge in [-0.05, 0) is 29.7 Å². The highest BCUT2D eigenvalue weighted by atomic mass is 16.5. The minimum atomic E-state index is -0.532. The van der Waals surface area contributed by atoms with Crippen molar-refractivity contribution >= 4 is 11.9 Å². The molecule has 0 aliphatic carbocycles. The maximum atomic E-state index is 12.9. The van der Waals surface area contributed by atoms with Crippen LogP contribution in [0.5, 0.6) is 0 Å². The lowest BCUT2D eigenvalue weighted by atomic mass is 9.95. The fraction of sp³-hybridized carbons (Fsp3) is 0.269. The number of aromatic nitrogens is 1. The summed E-state index contributed by atoms with van der Waals surface area (Å²) >= 11 is 0. The van der Waals surface area contributed by atoms with Crippen molar-refractivity contribution in [3.63, 3.8) is 0 Å². The zero-order chi connectivity index (χ0) is 21.9. The molecule has 0 radical (unpaired) electrons. The van der Waals surface area contributed by atoms with Gasteiger partial charge in [-0.3, -0.25) is 14.6 Å². The van der Waals surface area contributed by atoms with Crippen LogP contribution in [0.25, 0.3) is 0 Å². The lowest BCUT2D eigenvalue weighted by molar-refractivity contribution is -0.152. The number of carbonyl (C=O) groups excluding carboxylic acids is 2. The number of nitrogens with zero attached hydrogens (tertiary/aromatic N) is 2. The van der Waals surface area contributed by atoms with Gasteiger partial charge in [-0.1, -0.05) is 66.7 Å². The number of amides is 1. The van der Waals surface area contributed by atoms with Crippen LogP contribution >= 0.6 is 0 Å². The third-order valence-electron chi connectivity index (χ3n) is 5.16. The van der Waals surface area contributed by atoms with Crippen molar-refractivity contribution in [1.82, 2.24) is 9.88 Å². The van der Waals surface area contributed by atoms with Gasteiger partial charge in [-0.2, -0.15) is 0 Å². The fourth-order valence-corrected chi connectivity index (χ4v) is 3.30. The topological polar surface area (TPSA) is 59.5 Å². The van der Waals surface area contributed by atoms with Crippen molar-refractivity contribution in [2.24, 2.45) is 5.92 Å². The Kier molecular flexibility index (Phi) is 8.35. The Labute approximate surface area is 183 Å². The molecule has 1 atom stereocenters. The molecule has 2 aromatic carbocycles. The van der Waals surface area contributed by atoms with Crippen LogP contribution < -0.4 is 0 Å². The molecule has 1 unspecified atom stereocenters. The number of rotatable bonds is 10. The van der Waals surface area contributed by atoms with Gasteiger partial charge in [0.15, 0.2) is 0 Å². The molecular formula is C26H28N2O3. The number of esters is 1. The first-order valence-corrected chi connectivity index (χ1v) is 10.5. The Morgan fingerprint density at radius 2 is 1.55 bits per heavy atom. The van der Waals surface area contributed by atoms with Crippen LogP contribution in [0.1, 0.15) is 23.2 Å². The first-order valence-electron chi connectivity index (χ1n) is 10.5. The van der Waals surface area contributed by atoms with E-state index in [1.54, 1.807) is 18.1 Å². The summed E-state index contributed by atoms with van der Waals surface area (Å²) in [6, 6.07) is 25.0. The standard InChI is InChI=1S/C26H28N2O3/c1-28(17-15-24-14-8-9-16-27-24)25(29)19-23(18-21-10-4-2-5-11-21)26(30)31-20-22-12-6-3-7-13-22/h2-14,16,23H,15,17-20H2,1H3. The molecule has 3 aromatic rings. The third-order valence-corrected chi connectivity index (χ3v) is 5.16. The van der Waals surface area contributed by atoms with Crippen molar-refractivity contribution in [1.29, 1.82) is 0 Å². The van der Waals surface area contributed by atoms with Crippen LogP contribution in [-0.4, -0.2) is 35.4 Å². The SMILES string of the molecule is CN(CCc1ccccn1)C(=O)CC(Cc1ccccc1)C(=O)OCc1ccccc1. The lowest BCUT2D eigenvalue weighted by Crippen LogP contribution is -2.33. The normalized spacial score (nSPS) is 11.5. The summed E-state index contributed by atoms with van der Waals surface area (Å²) in [6.07, 6.45) is 3.00. The van der Waals surface area contributed by atoms with Crippen LogP contribution in [0.4, 0.5) is 0 Å². The summed E-state index contributed by atoms with van der Waals surface area (Å²) in [5, 5.41) is 0. The fourth-order valence-electron chi connectivity index (χ4n) is 3.30. The molecule has 0 aliphatic heterocycles. The Balaban J connectivity index is 1.60. The van der Waals surface area contributed by atoms with E-state index >= 15 is 0 Å². The molecule has 0 saturated carbocycles. The van der Waals surface area contributed by atoms with Crippen molar-refractivity contribution in [3.8, 4) is 0 Å². The Morgan fingerprint density at radius 3 is 2.19 bits per heavy atom. The van der Waals surface area contributed by atoms with Crippen LogP contribution in [-0.2, 0) is 33.8 Å². The average Bonchev–Trinajstić information content (AvgIpc) is 2.82. The van der Waals surface area contributed by atoms with Gasteiger partial charge in [0.2, 0.25) is 5.91 Å². The summed E-state index contributed by atoms with van der Waals surface area (Å²) in [7, 11) is 1.76. The second kappa shape index (κ2) is 11.6. The predicted molar refractivity (Wildman–Crippen MR) is 120 cm³/mol. The average molecular weight is 417 g/mol. The maximum Gasteiger partial charge on any atom is 0.310 e. The number of likely N-dealkylation sites (N-methyl/N-ethyl adjacent to an activating group) is 1. The predicted octanol–water partition coefficient (Wildman–Crippen LogP) is 4.07. The van der Waals surface area contributed by atoms with Crippen molar-refractivity contribution in [2.75, 3.05) is 13.6 Å². The molecule has 0 aliphatic rings. The van der Waals surface area contributed by atoms with Crippen molar-refractivity contribution < 1.29 is 14.3 Å². The Morgan fingerprint density at radius 1 is 0.903 bits per heavy atom. The van der Waals surface area contributed by atoms with E-state index in [1.165, 1.54) is 0 Å².